The van der Waals surface area contributed by atoms with E-state index in [0.717, 1.165) is 30.4 Å². The standard InChI is InChI=1S/C28H32N2O5/c1-2-7-18(16-25(31)30-19-12-14-28(30,15-13-19)26(32)33)29-27(34)35-17-24-22-10-5-3-8-20(22)21-9-4-6-11-23(21)24/h3-6,8-11,18-19,24H,2,7,12-17H2,1H3,(H,29,34)(H,32,33)/t18-,19?,28?/m0/s1. The highest BCUT2D eigenvalue weighted by Crippen LogP contribution is 2.47. The minimum absolute atomic E-state index is 0.00432. The fraction of sp³-hybridized carbons (Fsp3) is 0.464. The van der Waals surface area contributed by atoms with Gasteiger partial charge < -0.3 is 20.1 Å². The average molecular weight is 477 g/mol. The first-order chi connectivity index (χ1) is 16.9. The highest BCUT2D eigenvalue weighted by atomic mass is 16.5. The van der Waals surface area contributed by atoms with Gasteiger partial charge in [0, 0.05) is 24.4 Å². The quantitative estimate of drug-likeness (QED) is 0.576. The van der Waals surface area contributed by atoms with Crippen molar-refractivity contribution < 1.29 is 24.2 Å². The number of nitrogens with one attached hydrogen (secondary N) is 1. The Hall–Kier alpha value is -3.35. The lowest BCUT2D eigenvalue weighted by Crippen LogP contribution is -2.52. The van der Waals surface area contributed by atoms with Crippen LogP contribution in [0.25, 0.3) is 11.1 Å². The van der Waals surface area contributed by atoms with Crippen molar-refractivity contribution in [1.29, 1.82) is 0 Å². The summed E-state index contributed by atoms with van der Waals surface area (Å²) in [5.74, 6) is -1.14. The number of carboxylic acids is 1. The van der Waals surface area contributed by atoms with E-state index in [2.05, 4.69) is 29.6 Å². The second kappa shape index (κ2) is 9.36. The number of rotatable bonds is 8. The van der Waals surface area contributed by atoms with Crippen molar-refractivity contribution >= 4 is 18.0 Å². The third-order valence-electron chi connectivity index (χ3n) is 8.00. The third kappa shape index (κ3) is 4.07. The minimum Gasteiger partial charge on any atom is -0.479 e. The van der Waals surface area contributed by atoms with Gasteiger partial charge in [-0.25, -0.2) is 9.59 Å². The number of hydrogen-bond acceptors (Lipinski definition) is 4. The lowest BCUT2D eigenvalue weighted by molar-refractivity contribution is -0.155. The van der Waals surface area contributed by atoms with Crippen LogP contribution < -0.4 is 5.32 Å². The number of aliphatic carboxylic acids is 1. The molecule has 2 heterocycles. The number of amides is 2. The lowest BCUT2D eigenvalue weighted by Gasteiger charge is -2.32. The Labute approximate surface area is 205 Å². The Morgan fingerprint density at radius 3 is 2.23 bits per heavy atom. The van der Waals surface area contributed by atoms with Crippen molar-refractivity contribution in [3.63, 3.8) is 0 Å². The number of ether oxygens (including phenoxy) is 1. The average Bonchev–Trinajstić information content (AvgIpc) is 3.52. The zero-order chi connectivity index (χ0) is 24.6. The molecule has 0 saturated carbocycles. The number of hydrogen-bond donors (Lipinski definition) is 2. The lowest BCUT2D eigenvalue weighted by atomic mass is 9.88. The Morgan fingerprint density at radius 1 is 1.06 bits per heavy atom. The number of nitrogens with zero attached hydrogens (tertiary/aromatic N) is 1. The molecule has 0 radical (unpaired) electrons. The topological polar surface area (TPSA) is 95.9 Å². The Morgan fingerprint density at radius 2 is 1.66 bits per heavy atom. The number of benzene rings is 2. The van der Waals surface area contributed by atoms with Crippen LogP contribution in [-0.2, 0) is 14.3 Å². The number of carbonyl (C=O) groups excluding carboxylic acids is 2. The predicted molar refractivity (Wildman–Crippen MR) is 131 cm³/mol. The van der Waals surface area contributed by atoms with Crippen molar-refractivity contribution in [2.75, 3.05) is 6.61 Å². The minimum atomic E-state index is -1.07. The maximum absolute atomic E-state index is 13.2. The summed E-state index contributed by atoms with van der Waals surface area (Å²) in [6.07, 6.45) is 3.43. The summed E-state index contributed by atoms with van der Waals surface area (Å²) in [5, 5.41) is 12.7. The van der Waals surface area contributed by atoms with Gasteiger partial charge in [0.15, 0.2) is 0 Å². The Bertz CT molecular complexity index is 1090. The zero-order valence-electron chi connectivity index (χ0n) is 20.0. The number of carbonyl (C=O) groups is 3. The second-order valence-corrected chi connectivity index (χ2v) is 9.99. The van der Waals surface area contributed by atoms with Crippen molar-refractivity contribution in [2.45, 2.75) is 75.4 Å². The van der Waals surface area contributed by atoms with Crippen LogP contribution in [0, 0.1) is 0 Å². The van der Waals surface area contributed by atoms with Gasteiger partial charge in [0.1, 0.15) is 12.1 Å². The van der Waals surface area contributed by atoms with Crippen molar-refractivity contribution in [2.24, 2.45) is 0 Å². The summed E-state index contributed by atoms with van der Waals surface area (Å²) in [4.78, 5) is 39.5. The maximum Gasteiger partial charge on any atom is 0.407 e. The molecule has 7 nitrogen and oxygen atoms in total. The SMILES string of the molecule is CCC[C@@H](CC(=O)N1C2CCC1(C(=O)O)CC2)NC(=O)OCC1c2ccccc2-c2ccccc21. The van der Waals surface area contributed by atoms with Crippen LogP contribution in [0.2, 0.25) is 0 Å². The molecule has 2 fully saturated rings. The molecule has 1 atom stereocenters. The van der Waals surface area contributed by atoms with Crippen molar-refractivity contribution in [3.8, 4) is 11.1 Å². The first-order valence-electron chi connectivity index (χ1n) is 12.6. The van der Waals surface area contributed by atoms with E-state index in [1.807, 2.05) is 31.2 Å². The molecule has 35 heavy (non-hydrogen) atoms. The summed E-state index contributed by atoms with van der Waals surface area (Å²) in [5.41, 5.74) is 3.55. The molecular formula is C28H32N2O5. The monoisotopic (exact) mass is 476 g/mol. The van der Waals surface area contributed by atoms with E-state index < -0.39 is 23.6 Å². The molecule has 0 unspecified atom stereocenters. The molecule has 2 saturated heterocycles. The number of fused-ring (bicyclic) bond motifs is 5. The molecule has 7 heteroatoms. The van der Waals surface area contributed by atoms with Crippen LogP contribution in [0.4, 0.5) is 4.79 Å². The summed E-state index contributed by atoms with van der Waals surface area (Å²) in [6, 6.07) is 15.9. The maximum atomic E-state index is 13.2. The Kier molecular flexibility index (Phi) is 6.26. The van der Waals surface area contributed by atoms with Gasteiger partial charge in [-0.1, -0.05) is 61.9 Å². The smallest absolute Gasteiger partial charge is 0.407 e. The van der Waals surface area contributed by atoms with Gasteiger partial charge >= 0.3 is 12.1 Å². The van der Waals surface area contributed by atoms with Gasteiger partial charge in [-0.05, 0) is 54.4 Å². The van der Waals surface area contributed by atoms with E-state index in [1.165, 1.54) is 11.1 Å². The zero-order valence-corrected chi connectivity index (χ0v) is 20.0. The van der Waals surface area contributed by atoms with Gasteiger partial charge in [0.2, 0.25) is 5.91 Å². The van der Waals surface area contributed by atoms with Crippen LogP contribution in [0.1, 0.15) is 68.9 Å². The van der Waals surface area contributed by atoms with Crippen LogP contribution in [0.5, 0.6) is 0 Å². The molecule has 2 N–H and O–H groups in total. The molecule has 184 valence electrons. The van der Waals surface area contributed by atoms with Gasteiger partial charge in [-0.3, -0.25) is 4.79 Å². The number of carboxylic acid groups (broad SMARTS) is 1. The molecule has 2 amide bonds. The van der Waals surface area contributed by atoms with E-state index in [4.69, 9.17) is 4.74 Å². The van der Waals surface area contributed by atoms with Gasteiger partial charge in [-0.15, -0.1) is 0 Å². The summed E-state index contributed by atoms with van der Waals surface area (Å²) in [6.45, 7) is 2.21. The Balaban J connectivity index is 1.23. The summed E-state index contributed by atoms with van der Waals surface area (Å²) in [7, 11) is 0. The van der Waals surface area contributed by atoms with E-state index >= 15 is 0 Å². The van der Waals surface area contributed by atoms with Crippen LogP contribution in [0.3, 0.4) is 0 Å². The molecule has 3 aliphatic rings. The van der Waals surface area contributed by atoms with E-state index in [9.17, 15) is 19.5 Å². The van der Waals surface area contributed by atoms with Crippen molar-refractivity contribution in [1.82, 2.24) is 10.2 Å². The van der Waals surface area contributed by atoms with Gasteiger partial charge in [-0.2, -0.15) is 0 Å². The molecule has 2 aliphatic heterocycles. The fourth-order valence-electron chi connectivity index (χ4n) is 6.38. The molecular weight excluding hydrogens is 444 g/mol. The van der Waals surface area contributed by atoms with Crippen LogP contribution >= 0.6 is 0 Å². The molecule has 0 aromatic heterocycles. The highest BCUT2D eigenvalue weighted by molar-refractivity contribution is 5.89. The summed E-state index contributed by atoms with van der Waals surface area (Å²) >= 11 is 0. The first-order valence-corrected chi connectivity index (χ1v) is 12.6. The van der Waals surface area contributed by atoms with Crippen molar-refractivity contribution in [3.05, 3.63) is 59.7 Å². The van der Waals surface area contributed by atoms with Crippen LogP contribution in [-0.4, -0.2) is 52.2 Å². The van der Waals surface area contributed by atoms with E-state index in [0.29, 0.717) is 19.3 Å². The molecule has 1 aliphatic carbocycles. The molecule has 2 bridgehead atoms. The van der Waals surface area contributed by atoms with Gasteiger partial charge in [0.25, 0.3) is 0 Å². The first kappa shape index (κ1) is 23.4. The fourth-order valence-corrected chi connectivity index (χ4v) is 6.38. The largest absolute Gasteiger partial charge is 0.479 e. The predicted octanol–water partition coefficient (Wildman–Crippen LogP) is 4.69. The van der Waals surface area contributed by atoms with Gasteiger partial charge in [0.05, 0.1) is 0 Å². The molecule has 2 aromatic carbocycles. The number of alkyl carbamates (subject to hydrolysis) is 1. The van der Waals surface area contributed by atoms with E-state index in [-0.39, 0.29) is 30.9 Å². The van der Waals surface area contributed by atoms with E-state index in [1.54, 1.807) is 4.90 Å². The molecule has 0 spiro atoms. The van der Waals surface area contributed by atoms with Crippen LogP contribution in [0.15, 0.2) is 48.5 Å². The highest BCUT2D eigenvalue weighted by Gasteiger charge is 2.58. The normalized spacial score (nSPS) is 23.0. The second-order valence-electron chi connectivity index (χ2n) is 9.99. The molecule has 2 aromatic rings. The third-order valence-corrected chi connectivity index (χ3v) is 8.00. The summed E-state index contributed by atoms with van der Waals surface area (Å²) < 4.78 is 5.67. The molecule has 5 rings (SSSR count).